The molecule has 7 heteroatoms. The zero-order valence-electron chi connectivity index (χ0n) is 11.0. The molecule has 0 atom stereocenters. The predicted molar refractivity (Wildman–Crippen MR) is 81.4 cm³/mol. The van der Waals surface area contributed by atoms with Gasteiger partial charge in [-0.15, -0.1) is 0 Å². The van der Waals surface area contributed by atoms with E-state index in [1.807, 2.05) is 12.1 Å². The van der Waals surface area contributed by atoms with Gasteiger partial charge in [0.1, 0.15) is 6.20 Å². The Kier molecular flexibility index (Phi) is 2.68. The number of nitrogens with one attached hydrogen (secondary N) is 1. The van der Waals surface area contributed by atoms with Crippen molar-refractivity contribution in [3.05, 3.63) is 51.5 Å². The van der Waals surface area contributed by atoms with E-state index >= 15 is 0 Å². The molecular formula is C14H12N4O2S. The zero-order valence-corrected chi connectivity index (χ0v) is 11.8. The highest BCUT2D eigenvalue weighted by atomic mass is 32.1. The summed E-state index contributed by atoms with van der Waals surface area (Å²) in [7, 11) is 0. The number of anilines is 2. The summed E-state index contributed by atoms with van der Waals surface area (Å²) >= 11 is 1.37. The third kappa shape index (κ3) is 2.15. The van der Waals surface area contributed by atoms with Crippen LogP contribution in [-0.2, 0) is 0 Å². The third-order valence-electron chi connectivity index (χ3n) is 3.63. The van der Waals surface area contributed by atoms with Gasteiger partial charge in [-0.3, -0.25) is 0 Å². The molecule has 0 bridgehead atoms. The Hall–Kier alpha value is -2.41. The number of fused-ring (bicyclic) bond motifs is 1. The molecule has 2 heterocycles. The minimum atomic E-state index is -0.409. The maximum Gasteiger partial charge on any atom is 0.373 e. The molecular weight excluding hydrogens is 288 g/mol. The largest absolute Gasteiger partial charge is 0.373 e. The Bertz CT molecular complexity index is 817. The smallest absolute Gasteiger partial charge is 0.358 e. The van der Waals surface area contributed by atoms with Crippen LogP contribution in [0.5, 0.6) is 0 Å². The maximum absolute atomic E-state index is 11.2. The van der Waals surface area contributed by atoms with Crippen LogP contribution in [0.3, 0.4) is 0 Å². The van der Waals surface area contributed by atoms with Crippen LogP contribution in [0.25, 0.3) is 4.96 Å². The fraction of sp³-hybridized carbons (Fsp3) is 0.214. The summed E-state index contributed by atoms with van der Waals surface area (Å²) in [5, 5.41) is 16.1. The number of nitrogens with zero attached hydrogens (tertiary/aromatic N) is 3. The third-order valence-corrected chi connectivity index (χ3v) is 4.39. The molecule has 2 aromatic heterocycles. The summed E-state index contributed by atoms with van der Waals surface area (Å²) in [5.74, 6) is 0.954. The van der Waals surface area contributed by atoms with Crippen molar-refractivity contribution in [2.24, 2.45) is 0 Å². The average Bonchev–Trinajstić information content (AvgIpc) is 3.11. The first-order chi connectivity index (χ1) is 10.2. The topological polar surface area (TPSA) is 72.5 Å². The Morgan fingerprint density at radius 1 is 1.33 bits per heavy atom. The second-order valence-electron chi connectivity index (χ2n) is 5.12. The van der Waals surface area contributed by atoms with Crippen LogP contribution in [0, 0.1) is 10.1 Å². The molecule has 0 aliphatic heterocycles. The summed E-state index contributed by atoms with van der Waals surface area (Å²) in [6, 6.07) is 8.05. The van der Waals surface area contributed by atoms with Crippen LogP contribution in [0.2, 0.25) is 0 Å². The SMILES string of the molecule is O=[N+]([O-])c1c(Nc2ccc(C3CC3)cc2)nc2sccn12. The van der Waals surface area contributed by atoms with Gasteiger partial charge >= 0.3 is 5.82 Å². The molecule has 1 aliphatic carbocycles. The first-order valence-corrected chi connectivity index (χ1v) is 7.57. The minimum Gasteiger partial charge on any atom is -0.358 e. The van der Waals surface area contributed by atoms with Crippen molar-refractivity contribution < 1.29 is 4.92 Å². The average molecular weight is 300 g/mol. The summed E-state index contributed by atoms with van der Waals surface area (Å²) in [6.07, 6.45) is 4.18. The number of aromatic nitrogens is 2. The Labute approximate surface area is 124 Å². The summed E-state index contributed by atoms with van der Waals surface area (Å²) in [6.45, 7) is 0. The van der Waals surface area contributed by atoms with Crippen molar-refractivity contribution in [3.63, 3.8) is 0 Å². The lowest BCUT2D eigenvalue weighted by Gasteiger charge is -2.04. The highest BCUT2D eigenvalue weighted by Crippen LogP contribution is 2.40. The Morgan fingerprint density at radius 3 is 2.76 bits per heavy atom. The number of benzene rings is 1. The summed E-state index contributed by atoms with van der Waals surface area (Å²) in [4.78, 5) is 15.7. The van der Waals surface area contributed by atoms with E-state index in [-0.39, 0.29) is 11.6 Å². The van der Waals surface area contributed by atoms with Crippen LogP contribution in [0.4, 0.5) is 17.3 Å². The molecule has 1 aromatic carbocycles. The van der Waals surface area contributed by atoms with E-state index in [1.165, 1.54) is 34.1 Å². The predicted octanol–water partition coefficient (Wildman–Crippen LogP) is 3.93. The number of nitro groups is 1. The molecule has 1 aliphatic rings. The van der Waals surface area contributed by atoms with Crippen molar-refractivity contribution in [1.29, 1.82) is 0 Å². The standard InChI is InChI=1S/C14H12N4O2S/c19-18(20)13-12(16-14-17(13)7-8-21-14)15-11-5-3-10(4-6-11)9-1-2-9/h3-9,15H,1-2H2. The van der Waals surface area contributed by atoms with Crippen LogP contribution in [0.15, 0.2) is 35.8 Å². The highest BCUT2D eigenvalue weighted by molar-refractivity contribution is 7.15. The van der Waals surface area contributed by atoms with Crippen LogP contribution < -0.4 is 5.32 Å². The van der Waals surface area contributed by atoms with E-state index in [9.17, 15) is 10.1 Å². The molecule has 4 rings (SSSR count). The lowest BCUT2D eigenvalue weighted by atomic mass is 10.1. The number of thiazole rings is 1. The summed E-state index contributed by atoms with van der Waals surface area (Å²) in [5.41, 5.74) is 2.15. The lowest BCUT2D eigenvalue weighted by Crippen LogP contribution is -1.98. The molecule has 3 aromatic rings. The molecule has 0 radical (unpaired) electrons. The number of rotatable bonds is 4. The maximum atomic E-state index is 11.2. The van der Waals surface area contributed by atoms with Gasteiger partial charge in [0.2, 0.25) is 5.82 Å². The zero-order chi connectivity index (χ0) is 14.4. The van der Waals surface area contributed by atoms with E-state index in [0.717, 1.165) is 5.69 Å². The van der Waals surface area contributed by atoms with Gasteiger partial charge in [-0.2, -0.15) is 9.38 Å². The molecule has 1 fully saturated rings. The molecule has 1 N–H and O–H groups in total. The van der Waals surface area contributed by atoms with Gasteiger partial charge in [0.15, 0.2) is 0 Å². The number of imidazole rings is 1. The van der Waals surface area contributed by atoms with E-state index in [0.29, 0.717) is 10.9 Å². The van der Waals surface area contributed by atoms with E-state index in [1.54, 1.807) is 11.6 Å². The number of hydrogen-bond acceptors (Lipinski definition) is 5. The Morgan fingerprint density at radius 2 is 2.10 bits per heavy atom. The van der Waals surface area contributed by atoms with Crippen LogP contribution in [0.1, 0.15) is 24.3 Å². The van der Waals surface area contributed by atoms with Gasteiger partial charge in [-0.05, 0) is 41.4 Å². The molecule has 0 spiro atoms. The van der Waals surface area contributed by atoms with Crippen molar-refractivity contribution in [2.45, 2.75) is 18.8 Å². The number of hydrogen-bond donors (Lipinski definition) is 1. The minimum absolute atomic E-state index is 0.0301. The van der Waals surface area contributed by atoms with Crippen LogP contribution in [-0.4, -0.2) is 14.3 Å². The van der Waals surface area contributed by atoms with Crippen molar-refractivity contribution >= 4 is 33.6 Å². The normalized spacial score (nSPS) is 14.5. The highest BCUT2D eigenvalue weighted by Gasteiger charge is 2.25. The van der Waals surface area contributed by atoms with Gasteiger partial charge in [-0.25, -0.2) is 0 Å². The molecule has 0 unspecified atom stereocenters. The monoisotopic (exact) mass is 300 g/mol. The van der Waals surface area contributed by atoms with Gasteiger partial charge in [0, 0.05) is 11.1 Å². The lowest BCUT2D eigenvalue weighted by molar-refractivity contribution is -0.389. The van der Waals surface area contributed by atoms with Gasteiger partial charge < -0.3 is 15.4 Å². The summed E-state index contributed by atoms with van der Waals surface area (Å²) < 4.78 is 1.49. The fourth-order valence-corrected chi connectivity index (χ4v) is 3.13. The van der Waals surface area contributed by atoms with Crippen molar-refractivity contribution in [3.8, 4) is 0 Å². The quantitative estimate of drug-likeness (QED) is 0.585. The Balaban J connectivity index is 1.68. The fourth-order valence-electron chi connectivity index (χ4n) is 2.42. The molecule has 6 nitrogen and oxygen atoms in total. The second kappa shape index (κ2) is 4.56. The van der Waals surface area contributed by atoms with Crippen LogP contribution >= 0.6 is 11.3 Å². The van der Waals surface area contributed by atoms with E-state index in [2.05, 4.69) is 22.4 Å². The van der Waals surface area contributed by atoms with E-state index in [4.69, 9.17) is 0 Å². The van der Waals surface area contributed by atoms with Crippen molar-refractivity contribution in [2.75, 3.05) is 5.32 Å². The van der Waals surface area contributed by atoms with Gasteiger partial charge in [0.05, 0.1) is 0 Å². The van der Waals surface area contributed by atoms with E-state index < -0.39 is 4.92 Å². The van der Waals surface area contributed by atoms with Gasteiger partial charge in [0.25, 0.3) is 4.96 Å². The van der Waals surface area contributed by atoms with Crippen molar-refractivity contribution in [1.82, 2.24) is 9.38 Å². The van der Waals surface area contributed by atoms with Gasteiger partial charge in [-0.1, -0.05) is 23.5 Å². The molecule has 21 heavy (non-hydrogen) atoms. The second-order valence-corrected chi connectivity index (χ2v) is 5.99. The first-order valence-electron chi connectivity index (χ1n) is 6.69. The molecule has 0 amide bonds. The molecule has 0 saturated heterocycles. The first kappa shape index (κ1) is 12.3. The molecule has 1 saturated carbocycles. The molecule has 106 valence electrons.